The number of amides is 2. The second kappa shape index (κ2) is 9.46. The Hall–Kier alpha value is -1.24. The summed E-state index contributed by atoms with van der Waals surface area (Å²) in [5.74, 6) is 2.20. The summed E-state index contributed by atoms with van der Waals surface area (Å²) < 4.78 is 5.50. The first kappa shape index (κ1) is 18.5. The SMILES string of the molecule is Cc1cccc(C(CNC(=O)N2CCCSCC2)N2CCOCC2)c1. The molecule has 1 unspecified atom stereocenters. The summed E-state index contributed by atoms with van der Waals surface area (Å²) in [5, 5.41) is 3.19. The van der Waals surface area contributed by atoms with Crippen LogP contribution in [-0.4, -0.2) is 73.3 Å². The Bertz CT molecular complexity index is 555. The Morgan fingerprint density at radius 2 is 2.08 bits per heavy atom. The molecule has 138 valence electrons. The van der Waals surface area contributed by atoms with E-state index in [2.05, 4.69) is 41.4 Å². The molecule has 5 nitrogen and oxygen atoms in total. The lowest BCUT2D eigenvalue weighted by molar-refractivity contribution is 0.0165. The monoisotopic (exact) mass is 363 g/mol. The van der Waals surface area contributed by atoms with Crippen LogP contribution in [0.1, 0.15) is 23.6 Å². The Labute approximate surface area is 155 Å². The molecule has 1 aromatic rings. The van der Waals surface area contributed by atoms with Crippen molar-refractivity contribution in [3.8, 4) is 0 Å². The molecule has 0 radical (unpaired) electrons. The van der Waals surface area contributed by atoms with E-state index < -0.39 is 0 Å². The van der Waals surface area contributed by atoms with Crippen LogP contribution in [0.5, 0.6) is 0 Å². The normalized spacial score (nSPS) is 20.8. The maximum atomic E-state index is 12.6. The number of ether oxygens (including phenoxy) is 1. The molecule has 6 heteroatoms. The van der Waals surface area contributed by atoms with E-state index in [1.54, 1.807) is 0 Å². The van der Waals surface area contributed by atoms with Crippen molar-refractivity contribution >= 4 is 17.8 Å². The molecule has 2 aliphatic heterocycles. The molecule has 2 heterocycles. The molecule has 0 aliphatic carbocycles. The van der Waals surface area contributed by atoms with Gasteiger partial charge in [0.25, 0.3) is 0 Å². The highest BCUT2D eigenvalue weighted by molar-refractivity contribution is 7.99. The van der Waals surface area contributed by atoms with E-state index in [0.29, 0.717) is 6.54 Å². The Kier molecular flexibility index (Phi) is 7.02. The number of nitrogens with one attached hydrogen (secondary N) is 1. The minimum atomic E-state index is 0.0772. The van der Waals surface area contributed by atoms with Gasteiger partial charge in [0.2, 0.25) is 0 Å². The van der Waals surface area contributed by atoms with Crippen LogP contribution in [0, 0.1) is 6.92 Å². The summed E-state index contributed by atoms with van der Waals surface area (Å²) in [7, 11) is 0. The molecule has 0 spiro atoms. The minimum Gasteiger partial charge on any atom is -0.379 e. The highest BCUT2D eigenvalue weighted by Crippen LogP contribution is 2.22. The van der Waals surface area contributed by atoms with Crippen LogP contribution in [0.25, 0.3) is 0 Å². The lowest BCUT2D eigenvalue weighted by Crippen LogP contribution is -2.47. The lowest BCUT2D eigenvalue weighted by Gasteiger charge is -2.35. The smallest absolute Gasteiger partial charge is 0.317 e. The number of urea groups is 1. The van der Waals surface area contributed by atoms with Gasteiger partial charge in [-0.1, -0.05) is 29.8 Å². The molecule has 1 atom stereocenters. The fourth-order valence-electron chi connectivity index (χ4n) is 3.47. The maximum Gasteiger partial charge on any atom is 0.317 e. The summed E-state index contributed by atoms with van der Waals surface area (Å²) in [6.07, 6.45) is 1.09. The molecular formula is C19H29N3O2S. The van der Waals surface area contributed by atoms with E-state index in [9.17, 15) is 4.79 Å². The second-order valence-corrected chi connectivity index (χ2v) is 7.94. The molecule has 1 N–H and O–H groups in total. The summed E-state index contributed by atoms with van der Waals surface area (Å²) in [6, 6.07) is 8.90. The first-order valence-corrected chi connectivity index (χ1v) is 10.4. The predicted molar refractivity (Wildman–Crippen MR) is 103 cm³/mol. The van der Waals surface area contributed by atoms with Gasteiger partial charge in [0, 0.05) is 38.5 Å². The van der Waals surface area contributed by atoms with Crippen molar-refractivity contribution in [1.29, 1.82) is 0 Å². The van der Waals surface area contributed by atoms with Crippen molar-refractivity contribution in [3.63, 3.8) is 0 Å². The van der Waals surface area contributed by atoms with E-state index in [-0.39, 0.29) is 12.1 Å². The van der Waals surface area contributed by atoms with Gasteiger partial charge in [0.05, 0.1) is 19.3 Å². The van der Waals surface area contributed by atoms with Crippen LogP contribution in [-0.2, 0) is 4.74 Å². The van der Waals surface area contributed by atoms with Gasteiger partial charge in [-0.3, -0.25) is 4.90 Å². The molecule has 2 saturated heterocycles. The fraction of sp³-hybridized carbons (Fsp3) is 0.632. The summed E-state index contributed by atoms with van der Waals surface area (Å²) >= 11 is 1.94. The van der Waals surface area contributed by atoms with Crippen LogP contribution in [0.4, 0.5) is 4.79 Å². The topological polar surface area (TPSA) is 44.8 Å². The number of morpholine rings is 1. The van der Waals surface area contributed by atoms with Crippen molar-refractivity contribution in [2.45, 2.75) is 19.4 Å². The number of thioether (sulfide) groups is 1. The molecule has 2 fully saturated rings. The number of aryl methyl sites for hydroxylation is 1. The molecule has 3 rings (SSSR count). The van der Waals surface area contributed by atoms with Gasteiger partial charge in [-0.05, 0) is 24.7 Å². The van der Waals surface area contributed by atoms with Crippen molar-refractivity contribution in [2.24, 2.45) is 0 Å². The number of carbonyl (C=O) groups is 1. The Morgan fingerprint density at radius 1 is 1.24 bits per heavy atom. The molecule has 25 heavy (non-hydrogen) atoms. The standard InChI is InChI=1S/C19H29N3O2S/c1-16-4-2-5-17(14-16)18(21-7-10-24-11-8-21)15-20-19(23)22-6-3-12-25-13-9-22/h2,4-5,14,18H,3,6-13,15H2,1H3,(H,20,23). The van der Waals surface area contributed by atoms with E-state index in [0.717, 1.165) is 57.3 Å². The molecule has 0 aromatic heterocycles. The summed E-state index contributed by atoms with van der Waals surface area (Å²) in [4.78, 5) is 17.0. The number of benzene rings is 1. The first-order chi connectivity index (χ1) is 12.2. The number of hydrogen-bond acceptors (Lipinski definition) is 4. The first-order valence-electron chi connectivity index (χ1n) is 9.23. The third-order valence-corrected chi connectivity index (χ3v) is 5.92. The zero-order valence-electron chi connectivity index (χ0n) is 15.1. The number of rotatable bonds is 4. The lowest BCUT2D eigenvalue weighted by atomic mass is 10.0. The van der Waals surface area contributed by atoms with Gasteiger partial charge in [0.15, 0.2) is 0 Å². The van der Waals surface area contributed by atoms with Gasteiger partial charge in [-0.2, -0.15) is 11.8 Å². The van der Waals surface area contributed by atoms with Gasteiger partial charge in [-0.15, -0.1) is 0 Å². The van der Waals surface area contributed by atoms with Crippen LogP contribution < -0.4 is 5.32 Å². The van der Waals surface area contributed by atoms with Crippen molar-refractivity contribution in [3.05, 3.63) is 35.4 Å². The fourth-order valence-corrected chi connectivity index (χ4v) is 4.36. The number of hydrogen-bond donors (Lipinski definition) is 1. The zero-order chi connectivity index (χ0) is 17.5. The van der Waals surface area contributed by atoms with Gasteiger partial charge >= 0.3 is 6.03 Å². The molecule has 2 amide bonds. The van der Waals surface area contributed by atoms with Crippen LogP contribution in [0.3, 0.4) is 0 Å². The molecule has 0 bridgehead atoms. The maximum absolute atomic E-state index is 12.6. The van der Waals surface area contributed by atoms with E-state index in [4.69, 9.17) is 4.74 Å². The zero-order valence-corrected chi connectivity index (χ0v) is 15.9. The van der Waals surface area contributed by atoms with Crippen molar-refractivity contribution in [2.75, 3.05) is 57.4 Å². The number of nitrogens with zero attached hydrogens (tertiary/aromatic N) is 2. The highest BCUT2D eigenvalue weighted by Gasteiger charge is 2.24. The van der Waals surface area contributed by atoms with Crippen LogP contribution >= 0.6 is 11.8 Å². The van der Waals surface area contributed by atoms with Gasteiger partial charge in [0.1, 0.15) is 0 Å². The third-order valence-electron chi connectivity index (χ3n) is 4.87. The third kappa shape index (κ3) is 5.36. The van der Waals surface area contributed by atoms with Gasteiger partial charge in [-0.25, -0.2) is 4.79 Å². The van der Waals surface area contributed by atoms with Crippen molar-refractivity contribution < 1.29 is 9.53 Å². The largest absolute Gasteiger partial charge is 0.379 e. The van der Waals surface area contributed by atoms with Crippen molar-refractivity contribution in [1.82, 2.24) is 15.1 Å². The van der Waals surface area contributed by atoms with E-state index in [1.807, 2.05) is 16.7 Å². The Balaban J connectivity index is 1.65. The van der Waals surface area contributed by atoms with Crippen LogP contribution in [0.2, 0.25) is 0 Å². The minimum absolute atomic E-state index is 0.0772. The summed E-state index contributed by atoms with van der Waals surface area (Å²) in [6.45, 7) is 7.83. The molecule has 2 aliphatic rings. The average Bonchev–Trinajstić information content (AvgIpc) is 2.92. The molecular weight excluding hydrogens is 334 g/mol. The van der Waals surface area contributed by atoms with E-state index in [1.165, 1.54) is 11.1 Å². The predicted octanol–water partition coefficient (Wildman–Crippen LogP) is 2.52. The quantitative estimate of drug-likeness (QED) is 0.893. The average molecular weight is 364 g/mol. The number of carbonyl (C=O) groups excluding carboxylic acids is 1. The molecule has 1 aromatic carbocycles. The van der Waals surface area contributed by atoms with Gasteiger partial charge < -0.3 is 15.0 Å². The Morgan fingerprint density at radius 3 is 2.88 bits per heavy atom. The summed E-state index contributed by atoms with van der Waals surface area (Å²) in [5.41, 5.74) is 2.53. The van der Waals surface area contributed by atoms with Crippen LogP contribution in [0.15, 0.2) is 24.3 Å². The second-order valence-electron chi connectivity index (χ2n) is 6.72. The molecule has 0 saturated carbocycles. The van der Waals surface area contributed by atoms with E-state index >= 15 is 0 Å². The highest BCUT2D eigenvalue weighted by atomic mass is 32.2.